The molecule has 9 atom stereocenters. The molecule has 2 bridgehead atoms. The van der Waals surface area contributed by atoms with E-state index in [1.807, 2.05) is 13.0 Å². The summed E-state index contributed by atoms with van der Waals surface area (Å²) >= 11 is 0. The molecule has 3 heterocycles. The summed E-state index contributed by atoms with van der Waals surface area (Å²) in [4.78, 5) is 26.1. The summed E-state index contributed by atoms with van der Waals surface area (Å²) in [6.07, 6.45) is 13.8. The molecule has 0 amide bonds. The number of hydrogen-bond donors (Lipinski definition) is 2. The zero-order valence-corrected chi connectivity index (χ0v) is 25.5. The van der Waals surface area contributed by atoms with Crippen LogP contribution in [0.5, 0.6) is 0 Å². The molecule has 4 rings (SSSR count). The zero-order chi connectivity index (χ0) is 29.9. The maximum atomic E-state index is 13.8. The van der Waals surface area contributed by atoms with Crippen LogP contribution in [0, 0.1) is 17.8 Å². The van der Waals surface area contributed by atoms with Crippen molar-refractivity contribution in [2.75, 3.05) is 0 Å². The number of carbonyl (C=O) groups is 2. The number of fused-ring (bicyclic) bond motifs is 3. The van der Waals surface area contributed by atoms with Crippen molar-refractivity contribution in [2.24, 2.45) is 17.8 Å². The van der Waals surface area contributed by atoms with Crippen LogP contribution >= 0.6 is 0 Å². The number of aldehydes is 1. The van der Waals surface area contributed by atoms with E-state index in [2.05, 4.69) is 39.8 Å². The minimum atomic E-state index is -1.90. The van der Waals surface area contributed by atoms with Gasteiger partial charge in [0.15, 0.2) is 5.79 Å². The molecule has 0 radical (unpaired) electrons. The maximum Gasteiger partial charge on any atom is 0.316 e. The van der Waals surface area contributed by atoms with E-state index in [4.69, 9.17) is 14.2 Å². The molecule has 3 aliphatic heterocycles. The Balaban J connectivity index is 1.73. The van der Waals surface area contributed by atoms with Gasteiger partial charge in [-0.05, 0) is 69.9 Å². The first-order valence-corrected chi connectivity index (χ1v) is 15.2. The second kappa shape index (κ2) is 12.9. The summed E-state index contributed by atoms with van der Waals surface area (Å²) in [6, 6.07) is 0. The predicted octanol–water partition coefficient (Wildman–Crippen LogP) is 5.67. The van der Waals surface area contributed by atoms with Crippen LogP contribution in [0.15, 0.2) is 58.7 Å². The van der Waals surface area contributed by atoms with E-state index >= 15 is 0 Å². The lowest BCUT2D eigenvalue weighted by Crippen LogP contribution is -2.55. The molecule has 0 aromatic rings. The molecule has 7 nitrogen and oxygen atoms in total. The van der Waals surface area contributed by atoms with E-state index in [1.165, 1.54) is 5.57 Å². The Morgan fingerprint density at radius 1 is 1.15 bits per heavy atom. The fourth-order valence-electron chi connectivity index (χ4n) is 6.82. The third-order valence-electron chi connectivity index (χ3n) is 9.42. The normalized spacial score (nSPS) is 41.1. The van der Waals surface area contributed by atoms with Crippen molar-refractivity contribution in [3.8, 4) is 0 Å². The molecule has 2 fully saturated rings. The van der Waals surface area contributed by atoms with Gasteiger partial charge >= 0.3 is 5.97 Å². The number of carbonyl (C=O) groups excluding carboxylic acids is 2. The van der Waals surface area contributed by atoms with Crippen LogP contribution in [0.3, 0.4) is 0 Å². The number of hydrogen-bond acceptors (Lipinski definition) is 7. The minimum absolute atomic E-state index is 0.0423. The molecular weight excluding hydrogens is 520 g/mol. The third-order valence-corrected chi connectivity index (χ3v) is 9.42. The number of esters is 1. The van der Waals surface area contributed by atoms with Crippen molar-refractivity contribution < 1.29 is 34.0 Å². The molecule has 2 saturated heterocycles. The Labute approximate surface area is 245 Å². The monoisotopic (exact) mass is 568 g/mol. The van der Waals surface area contributed by atoms with Crippen molar-refractivity contribution in [1.29, 1.82) is 0 Å². The Kier molecular flexibility index (Phi) is 9.95. The summed E-state index contributed by atoms with van der Waals surface area (Å²) in [5.41, 5.74) is 1.09. The number of rotatable bonds is 2. The van der Waals surface area contributed by atoms with E-state index in [1.54, 1.807) is 25.2 Å². The highest BCUT2D eigenvalue weighted by atomic mass is 16.7. The van der Waals surface area contributed by atoms with Crippen LogP contribution in [0.4, 0.5) is 0 Å². The number of ether oxygens (including phenoxy) is 3. The summed E-state index contributed by atoms with van der Waals surface area (Å²) < 4.78 is 19.6. The summed E-state index contributed by atoms with van der Waals surface area (Å²) in [7, 11) is 0. The lowest BCUT2D eigenvalue weighted by molar-refractivity contribution is -0.329. The molecule has 4 aliphatic rings. The van der Waals surface area contributed by atoms with Crippen LogP contribution in [0.2, 0.25) is 0 Å². The molecule has 226 valence electrons. The highest BCUT2D eigenvalue weighted by Gasteiger charge is 2.52. The number of aliphatic hydroxyl groups is 2. The molecular formula is C34H48O7. The Morgan fingerprint density at radius 2 is 1.90 bits per heavy atom. The molecule has 1 spiro atoms. The topological polar surface area (TPSA) is 102 Å². The van der Waals surface area contributed by atoms with Crippen LogP contribution in [0.1, 0.15) is 86.5 Å². The van der Waals surface area contributed by atoms with Gasteiger partial charge in [-0.25, -0.2) is 0 Å². The molecule has 0 saturated carbocycles. The van der Waals surface area contributed by atoms with Gasteiger partial charge in [-0.2, -0.15) is 0 Å². The zero-order valence-electron chi connectivity index (χ0n) is 25.5. The van der Waals surface area contributed by atoms with Gasteiger partial charge in [-0.1, -0.05) is 55.9 Å². The van der Waals surface area contributed by atoms with Crippen molar-refractivity contribution in [3.63, 3.8) is 0 Å². The van der Waals surface area contributed by atoms with Crippen molar-refractivity contribution >= 4 is 12.3 Å². The maximum absolute atomic E-state index is 13.8. The van der Waals surface area contributed by atoms with Crippen molar-refractivity contribution in [1.82, 2.24) is 0 Å². The first-order valence-electron chi connectivity index (χ1n) is 15.2. The van der Waals surface area contributed by atoms with E-state index in [0.29, 0.717) is 43.5 Å². The Bertz CT molecular complexity index is 1150. The van der Waals surface area contributed by atoms with E-state index in [9.17, 15) is 19.8 Å². The molecule has 7 heteroatoms. The lowest BCUT2D eigenvalue weighted by atomic mass is 9.71. The Hall–Kier alpha value is -2.32. The van der Waals surface area contributed by atoms with Crippen LogP contribution in [-0.2, 0) is 23.8 Å². The average molecular weight is 569 g/mol. The van der Waals surface area contributed by atoms with Crippen molar-refractivity contribution in [3.05, 3.63) is 58.7 Å². The molecule has 0 aromatic carbocycles. The smallest absolute Gasteiger partial charge is 0.316 e. The number of allylic oxidation sites excluding steroid dienone is 5. The quantitative estimate of drug-likeness (QED) is 0.251. The molecule has 1 aliphatic carbocycles. The van der Waals surface area contributed by atoms with E-state index in [-0.39, 0.29) is 30.1 Å². The van der Waals surface area contributed by atoms with Gasteiger partial charge in [0.2, 0.25) is 0 Å². The second-order valence-electron chi connectivity index (χ2n) is 12.9. The standard InChI is InChI=1S/C34H48O7/c1-7-23(4)31-24(5)13-14-33(41-31)18-28-17-27(40-33)12-11-22(3)15-21(2)9-8-10-26(20-35)34(38)19-30(36)25(6)16-29(34)32(37)39-28/h7-11,16,20-21,24,27-31,36,38H,12-15,17-19H2,1-6H3. The SMILES string of the molecule is CC=C(C)C1OC2(CCC1C)CC1CC(CC=C(C)CC(C)C=CC=C(C=O)C3(O)CC(O)C(C)=CC3C(=O)O1)O2. The van der Waals surface area contributed by atoms with Gasteiger partial charge < -0.3 is 24.4 Å². The summed E-state index contributed by atoms with van der Waals surface area (Å²) in [5.74, 6) is -2.09. The van der Waals surface area contributed by atoms with Gasteiger partial charge in [0.05, 0.1) is 18.3 Å². The minimum Gasteiger partial charge on any atom is -0.462 e. The van der Waals surface area contributed by atoms with Gasteiger partial charge in [0.25, 0.3) is 0 Å². The van der Waals surface area contributed by atoms with Crippen LogP contribution < -0.4 is 0 Å². The third kappa shape index (κ3) is 7.02. The highest BCUT2D eigenvalue weighted by molar-refractivity contribution is 5.84. The average Bonchev–Trinajstić information content (AvgIpc) is 2.92. The van der Waals surface area contributed by atoms with Gasteiger partial charge in [0, 0.05) is 31.3 Å². The first kappa shape index (κ1) is 31.6. The fourth-order valence-corrected chi connectivity index (χ4v) is 6.82. The van der Waals surface area contributed by atoms with Crippen molar-refractivity contribution in [2.45, 2.75) is 122 Å². The highest BCUT2D eigenvalue weighted by Crippen LogP contribution is 2.45. The summed E-state index contributed by atoms with van der Waals surface area (Å²) in [5, 5.41) is 22.5. The molecule has 41 heavy (non-hydrogen) atoms. The molecule has 2 N–H and O–H groups in total. The van der Waals surface area contributed by atoms with E-state index in [0.717, 1.165) is 18.4 Å². The number of aliphatic hydroxyl groups excluding tert-OH is 1. The van der Waals surface area contributed by atoms with Gasteiger partial charge in [-0.15, -0.1) is 0 Å². The second-order valence-corrected chi connectivity index (χ2v) is 12.9. The Morgan fingerprint density at radius 3 is 2.61 bits per heavy atom. The predicted molar refractivity (Wildman–Crippen MR) is 158 cm³/mol. The van der Waals surface area contributed by atoms with Gasteiger partial charge in [0.1, 0.15) is 23.9 Å². The van der Waals surface area contributed by atoms with Crippen LogP contribution in [-0.4, -0.2) is 58.3 Å². The molecule has 0 aromatic heterocycles. The van der Waals surface area contributed by atoms with Gasteiger partial charge in [-0.3, -0.25) is 9.59 Å². The van der Waals surface area contributed by atoms with Crippen LogP contribution in [0.25, 0.3) is 0 Å². The lowest BCUT2D eigenvalue weighted by Gasteiger charge is -2.50. The largest absolute Gasteiger partial charge is 0.462 e. The van der Waals surface area contributed by atoms with E-state index < -0.39 is 35.5 Å². The molecule has 9 unspecified atom stereocenters. The first-order chi connectivity index (χ1) is 19.4. The summed E-state index contributed by atoms with van der Waals surface area (Å²) in [6.45, 7) is 12.2. The fraction of sp³-hybridized carbons (Fsp3) is 0.647.